The largest absolute Gasteiger partial charge is 0.325 e. The summed E-state index contributed by atoms with van der Waals surface area (Å²) in [6.45, 7) is 0.201. The molecule has 2 aromatic carbocycles. The van der Waals surface area contributed by atoms with Gasteiger partial charge in [-0.15, -0.1) is 5.10 Å². The maximum Gasteiger partial charge on any atom is 0.244 e. The van der Waals surface area contributed by atoms with Crippen molar-refractivity contribution in [3.8, 4) is 11.4 Å². The van der Waals surface area contributed by atoms with Gasteiger partial charge in [-0.25, -0.2) is 9.67 Å². The molecule has 0 saturated carbocycles. The van der Waals surface area contributed by atoms with Crippen molar-refractivity contribution in [1.29, 1.82) is 0 Å². The van der Waals surface area contributed by atoms with Crippen LogP contribution in [-0.2, 0) is 24.1 Å². The van der Waals surface area contributed by atoms with Gasteiger partial charge in [-0.1, -0.05) is 24.3 Å². The Labute approximate surface area is 166 Å². The van der Waals surface area contributed by atoms with Gasteiger partial charge in [0.05, 0.1) is 16.8 Å². The normalized spacial score (nSPS) is 11.1. The Morgan fingerprint density at radius 2 is 2.04 bits per heavy atom. The number of hydrogen-bond acceptors (Lipinski definition) is 6. The maximum absolute atomic E-state index is 12.7. The number of benzene rings is 2. The molecule has 28 heavy (non-hydrogen) atoms. The van der Waals surface area contributed by atoms with Crippen LogP contribution in [0.5, 0.6) is 0 Å². The molecular weight excluding hydrogens is 374 g/mol. The number of aromatic nitrogens is 6. The molecule has 0 atom stereocenters. The molecule has 4 aromatic rings. The molecule has 0 bridgehead atoms. The minimum atomic E-state index is -0.112. The van der Waals surface area contributed by atoms with E-state index in [1.54, 1.807) is 23.5 Å². The average molecular weight is 393 g/mol. The van der Waals surface area contributed by atoms with Crippen LogP contribution in [-0.4, -0.2) is 41.9 Å². The summed E-state index contributed by atoms with van der Waals surface area (Å²) in [6, 6.07) is 15.3. The number of aryl methyl sites for hydroxylation is 1. The van der Waals surface area contributed by atoms with Crippen molar-refractivity contribution in [3.63, 3.8) is 0 Å². The van der Waals surface area contributed by atoms with Crippen molar-refractivity contribution in [3.05, 3.63) is 54.4 Å². The predicted octanol–water partition coefficient (Wildman–Crippen LogP) is 2.73. The number of hydrogen-bond donors (Lipinski definition) is 1. The number of para-hydroxylation sites is 2. The monoisotopic (exact) mass is 393 g/mol. The summed E-state index contributed by atoms with van der Waals surface area (Å²) < 4.78 is 3.56. The Bertz CT molecular complexity index is 1130. The molecule has 0 spiro atoms. The number of anilines is 1. The first-order valence-electron chi connectivity index (χ1n) is 8.71. The van der Waals surface area contributed by atoms with E-state index in [-0.39, 0.29) is 12.5 Å². The smallest absolute Gasteiger partial charge is 0.244 e. The number of carbonyl (C=O) groups excluding carboxylic acids is 1. The van der Waals surface area contributed by atoms with Crippen LogP contribution in [0.15, 0.2) is 48.5 Å². The van der Waals surface area contributed by atoms with Crippen molar-refractivity contribution in [2.45, 2.75) is 12.3 Å². The Morgan fingerprint density at radius 1 is 1.18 bits per heavy atom. The van der Waals surface area contributed by atoms with Crippen LogP contribution in [0.2, 0.25) is 0 Å². The molecule has 0 unspecified atom stereocenters. The third kappa shape index (κ3) is 3.61. The molecule has 0 radical (unpaired) electrons. The van der Waals surface area contributed by atoms with E-state index < -0.39 is 0 Å². The standard InChI is InChI=1S/C19H19N7OS/c1-25-19(22-23-24-25)13-6-5-7-14(10-13)20-18(27)11-26-16-9-4-3-8-15(16)21-17(26)12-28-2/h3-10H,11-12H2,1-2H3,(H,20,27). The zero-order valence-corrected chi connectivity index (χ0v) is 16.3. The second-order valence-electron chi connectivity index (χ2n) is 6.29. The third-order valence-corrected chi connectivity index (χ3v) is 4.88. The number of nitrogens with one attached hydrogen (secondary N) is 1. The number of carbonyl (C=O) groups is 1. The molecule has 1 N–H and O–H groups in total. The van der Waals surface area contributed by atoms with Crippen molar-refractivity contribution >= 4 is 34.4 Å². The van der Waals surface area contributed by atoms with Crippen LogP contribution >= 0.6 is 11.8 Å². The van der Waals surface area contributed by atoms with Gasteiger partial charge < -0.3 is 9.88 Å². The SMILES string of the molecule is CSCc1nc2ccccc2n1CC(=O)Nc1cccc(-c2nnnn2C)c1. The summed E-state index contributed by atoms with van der Waals surface area (Å²) >= 11 is 1.68. The van der Waals surface area contributed by atoms with Gasteiger partial charge in [0.15, 0.2) is 5.82 Å². The van der Waals surface area contributed by atoms with Crippen LogP contribution in [0, 0.1) is 0 Å². The summed E-state index contributed by atoms with van der Waals surface area (Å²) in [6.07, 6.45) is 2.02. The highest BCUT2D eigenvalue weighted by molar-refractivity contribution is 7.97. The number of nitrogens with zero attached hydrogens (tertiary/aromatic N) is 6. The van der Waals surface area contributed by atoms with Crippen molar-refractivity contribution < 1.29 is 4.79 Å². The van der Waals surface area contributed by atoms with E-state index in [1.165, 1.54) is 0 Å². The quantitative estimate of drug-likeness (QED) is 0.542. The molecule has 0 fully saturated rings. The molecule has 0 aliphatic carbocycles. The zero-order valence-electron chi connectivity index (χ0n) is 15.5. The molecule has 0 aliphatic rings. The van der Waals surface area contributed by atoms with Crippen LogP contribution in [0.4, 0.5) is 5.69 Å². The molecule has 4 rings (SSSR count). The first kappa shape index (κ1) is 18.2. The summed E-state index contributed by atoms with van der Waals surface area (Å²) in [7, 11) is 1.78. The van der Waals surface area contributed by atoms with Crippen LogP contribution in [0.1, 0.15) is 5.82 Å². The minimum Gasteiger partial charge on any atom is -0.325 e. The van der Waals surface area contributed by atoms with Crippen molar-refractivity contribution in [2.24, 2.45) is 7.05 Å². The molecule has 2 aromatic heterocycles. The van der Waals surface area contributed by atoms with Crippen molar-refractivity contribution in [1.82, 2.24) is 29.8 Å². The van der Waals surface area contributed by atoms with Crippen LogP contribution in [0.25, 0.3) is 22.4 Å². The molecule has 142 valence electrons. The topological polar surface area (TPSA) is 90.5 Å². The average Bonchev–Trinajstić information content (AvgIpc) is 3.26. The zero-order chi connectivity index (χ0) is 19.5. The van der Waals surface area contributed by atoms with Gasteiger partial charge in [0.2, 0.25) is 5.91 Å². The second-order valence-corrected chi connectivity index (χ2v) is 7.16. The van der Waals surface area contributed by atoms with E-state index in [0.29, 0.717) is 11.5 Å². The fraction of sp³-hybridized carbons (Fsp3) is 0.211. The van der Waals surface area contributed by atoms with Crippen LogP contribution in [0.3, 0.4) is 0 Å². The maximum atomic E-state index is 12.7. The van der Waals surface area contributed by atoms with E-state index in [9.17, 15) is 4.79 Å². The first-order valence-corrected chi connectivity index (χ1v) is 10.1. The van der Waals surface area contributed by atoms with E-state index in [1.807, 2.05) is 59.4 Å². The lowest BCUT2D eigenvalue weighted by atomic mass is 10.2. The van der Waals surface area contributed by atoms with Gasteiger partial charge in [0.25, 0.3) is 0 Å². The summed E-state index contributed by atoms with van der Waals surface area (Å²) in [4.78, 5) is 17.4. The van der Waals surface area contributed by atoms with Crippen LogP contribution < -0.4 is 5.32 Å². The summed E-state index contributed by atoms with van der Waals surface area (Å²) in [5.74, 6) is 2.16. The second kappa shape index (κ2) is 7.81. The van der Waals surface area contributed by atoms with Gasteiger partial charge in [-0.2, -0.15) is 11.8 Å². The number of amides is 1. The van der Waals surface area contributed by atoms with E-state index in [0.717, 1.165) is 28.2 Å². The van der Waals surface area contributed by atoms with Gasteiger partial charge in [-0.05, 0) is 40.9 Å². The lowest BCUT2D eigenvalue weighted by molar-refractivity contribution is -0.116. The van der Waals surface area contributed by atoms with E-state index >= 15 is 0 Å². The minimum absolute atomic E-state index is 0.112. The molecule has 0 aliphatic heterocycles. The third-order valence-electron chi connectivity index (χ3n) is 4.33. The Kier molecular flexibility index (Phi) is 5.07. The lowest BCUT2D eigenvalue weighted by Gasteiger charge is -2.10. The number of imidazole rings is 1. The molecule has 1 amide bonds. The molecule has 2 heterocycles. The highest BCUT2D eigenvalue weighted by Crippen LogP contribution is 2.21. The Balaban J connectivity index is 1.56. The molecular formula is C19H19N7OS. The van der Waals surface area contributed by atoms with Gasteiger partial charge in [-0.3, -0.25) is 4.79 Å². The molecule has 8 nitrogen and oxygen atoms in total. The number of tetrazole rings is 1. The molecule has 9 heteroatoms. The van der Waals surface area contributed by atoms with Crippen molar-refractivity contribution in [2.75, 3.05) is 11.6 Å². The fourth-order valence-corrected chi connectivity index (χ4v) is 3.57. The number of fused-ring (bicyclic) bond motifs is 1. The lowest BCUT2D eigenvalue weighted by Crippen LogP contribution is -2.20. The highest BCUT2D eigenvalue weighted by atomic mass is 32.2. The van der Waals surface area contributed by atoms with E-state index in [2.05, 4.69) is 25.8 Å². The van der Waals surface area contributed by atoms with Gasteiger partial charge in [0.1, 0.15) is 12.4 Å². The Morgan fingerprint density at radius 3 is 2.82 bits per heavy atom. The summed E-state index contributed by atoms with van der Waals surface area (Å²) in [5.41, 5.74) is 3.39. The highest BCUT2D eigenvalue weighted by Gasteiger charge is 2.14. The van der Waals surface area contributed by atoms with E-state index in [4.69, 9.17) is 0 Å². The number of rotatable bonds is 6. The van der Waals surface area contributed by atoms with Gasteiger partial charge in [0, 0.05) is 18.3 Å². The Hall–Kier alpha value is -3.20. The summed E-state index contributed by atoms with van der Waals surface area (Å²) in [5, 5.41) is 14.5. The first-order chi connectivity index (χ1) is 13.7. The predicted molar refractivity (Wildman–Crippen MR) is 110 cm³/mol. The number of thioether (sulfide) groups is 1. The molecule has 0 saturated heterocycles. The fourth-order valence-electron chi connectivity index (χ4n) is 3.10. The van der Waals surface area contributed by atoms with Gasteiger partial charge >= 0.3 is 0 Å².